The van der Waals surface area contributed by atoms with Gasteiger partial charge < -0.3 is 18.9 Å². The highest BCUT2D eigenvalue weighted by molar-refractivity contribution is 6.06. The van der Waals surface area contributed by atoms with Gasteiger partial charge in [0.25, 0.3) is 11.6 Å². The smallest absolute Gasteiger partial charge is 0.259 e. The molecule has 148 valence electrons. The zero-order chi connectivity index (χ0) is 20.7. The molecule has 0 saturated carbocycles. The van der Waals surface area contributed by atoms with Crippen LogP contribution in [0.5, 0.6) is 5.75 Å². The first-order valence-electron chi connectivity index (χ1n) is 9.22. The van der Waals surface area contributed by atoms with Gasteiger partial charge in [0.15, 0.2) is 0 Å². The summed E-state index contributed by atoms with van der Waals surface area (Å²) in [5.74, 6) is 1.41. The third kappa shape index (κ3) is 3.35. The number of carbonyl (C=O) groups is 1. The lowest BCUT2D eigenvalue weighted by Gasteiger charge is -2.18. The Morgan fingerprint density at radius 3 is 2.62 bits per heavy atom. The molecule has 0 aliphatic rings. The van der Waals surface area contributed by atoms with Crippen molar-refractivity contribution < 1.29 is 18.8 Å². The quantitative estimate of drug-likeness (QED) is 0.555. The van der Waals surface area contributed by atoms with Gasteiger partial charge in [0.2, 0.25) is 0 Å². The molecule has 0 spiro atoms. The maximum absolute atomic E-state index is 13.3. The van der Waals surface area contributed by atoms with Crippen molar-refractivity contribution in [3.63, 3.8) is 0 Å². The van der Waals surface area contributed by atoms with Crippen molar-refractivity contribution in [3.05, 3.63) is 64.7 Å². The minimum absolute atomic E-state index is 0.151. The summed E-state index contributed by atoms with van der Waals surface area (Å²) in [5, 5.41) is 14.6. The zero-order valence-corrected chi connectivity index (χ0v) is 16.7. The fourth-order valence-electron chi connectivity index (χ4n) is 3.46. The number of hydrogen-bond donors (Lipinski definition) is 1. The van der Waals surface area contributed by atoms with E-state index in [1.54, 1.807) is 43.1 Å². The van der Waals surface area contributed by atoms with Crippen molar-refractivity contribution in [2.45, 2.75) is 27.3 Å². The summed E-state index contributed by atoms with van der Waals surface area (Å²) in [6.07, 6.45) is 0. The topological polar surface area (TPSA) is 92.6 Å². The van der Waals surface area contributed by atoms with Crippen LogP contribution in [0.4, 0.5) is 0 Å². The molecule has 29 heavy (non-hydrogen) atoms. The van der Waals surface area contributed by atoms with Crippen LogP contribution in [0.15, 0.2) is 45.3 Å². The van der Waals surface area contributed by atoms with E-state index in [-0.39, 0.29) is 18.2 Å². The van der Waals surface area contributed by atoms with E-state index in [0.717, 1.165) is 11.3 Å². The first kappa shape index (κ1) is 18.7. The minimum atomic E-state index is -0.217. The Morgan fingerprint density at radius 1 is 1.17 bits per heavy atom. The second-order valence-corrected chi connectivity index (χ2v) is 7.12. The van der Waals surface area contributed by atoms with Crippen molar-refractivity contribution in [1.29, 1.82) is 0 Å². The number of nitrogens with zero attached hydrogens (tertiary/aromatic N) is 3. The maximum atomic E-state index is 13.3. The van der Waals surface area contributed by atoms with Gasteiger partial charge in [0, 0.05) is 24.7 Å². The van der Waals surface area contributed by atoms with E-state index in [0.29, 0.717) is 39.4 Å². The number of hydrogen-bond acceptors (Lipinski definition) is 6. The van der Waals surface area contributed by atoms with Gasteiger partial charge in [-0.05, 0) is 39.0 Å². The number of aryl methyl sites for hydroxylation is 3. The molecule has 0 saturated heterocycles. The van der Waals surface area contributed by atoms with Crippen LogP contribution in [0.3, 0.4) is 0 Å². The van der Waals surface area contributed by atoms with E-state index < -0.39 is 0 Å². The zero-order valence-electron chi connectivity index (χ0n) is 16.7. The third-order valence-electron chi connectivity index (χ3n) is 4.91. The highest BCUT2D eigenvalue weighted by atomic mass is 16.5. The number of phenolic OH excluding ortho intramolecular Hbond substituents is 1. The second-order valence-electron chi connectivity index (χ2n) is 7.12. The number of rotatable bonds is 4. The van der Waals surface area contributed by atoms with E-state index in [2.05, 4.69) is 10.1 Å². The molecular formula is C22H21N3O4. The Balaban J connectivity index is 1.79. The number of carbonyl (C=O) groups excluding carboxylic acids is 1. The number of fused-ring (bicyclic) bond motifs is 1. The monoisotopic (exact) mass is 391 g/mol. The Kier molecular flexibility index (Phi) is 4.58. The molecule has 3 aromatic heterocycles. The molecule has 0 bridgehead atoms. The summed E-state index contributed by atoms with van der Waals surface area (Å²) < 4.78 is 11.0. The normalized spacial score (nSPS) is 11.2. The molecule has 1 amide bonds. The first-order valence-corrected chi connectivity index (χ1v) is 9.22. The third-order valence-corrected chi connectivity index (χ3v) is 4.91. The number of aromatic hydroxyl groups is 1. The van der Waals surface area contributed by atoms with Crippen molar-refractivity contribution >= 4 is 17.0 Å². The average Bonchev–Trinajstić information content (AvgIpc) is 3.23. The Labute approximate surface area is 167 Å². The van der Waals surface area contributed by atoms with Gasteiger partial charge in [0.1, 0.15) is 17.3 Å². The van der Waals surface area contributed by atoms with Crippen molar-refractivity contribution in [2.75, 3.05) is 7.05 Å². The molecule has 3 heterocycles. The minimum Gasteiger partial charge on any atom is -0.508 e. The molecule has 0 aliphatic carbocycles. The average molecular weight is 391 g/mol. The van der Waals surface area contributed by atoms with E-state index in [1.165, 1.54) is 0 Å². The molecule has 0 atom stereocenters. The van der Waals surface area contributed by atoms with E-state index in [1.807, 2.05) is 26.0 Å². The van der Waals surface area contributed by atoms with Gasteiger partial charge in [-0.25, -0.2) is 4.98 Å². The van der Waals surface area contributed by atoms with Crippen molar-refractivity contribution in [3.8, 4) is 17.0 Å². The first-order chi connectivity index (χ1) is 13.8. The van der Waals surface area contributed by atoms with Gasteiger partial charge in [-0.15, -0.1) is 0 Å². The number of furan rings is 1. The lowest BCUT2D eigenvalue weighted by Crippen LogP contribution is -2.26. The Bertz CT molecular complexity index is 1220. The molecule has 7 heteroatoms. The van der Waals surface area contributed by atoms with Crippen LogP contribution in [-0.4, -0.2) is 33.1 Å². The van der Waals surface area contributed by atoms with Gasteiger partial charge in [0.05, 0.1) is 22.3 Å². The van der Waals surface area contributed by atoms with E-state index >= 15 is 0 Å². The number of para-hydroxylation sites is 1. The van der Waals surface area contributed by atoms with Crippen LogP contribution < -0.4 is 0 Å². The number of pyridine rings is 1. The Hall–Kier alpha value is -3.61. The molecule has 4 aromatic rings. The van der Waals surface area contributed by atoms with Crippen LogP contribution in [0, 0.1) is 20.8 Å². The Morgan fingerprint density at radius 2 is 1.93 bits per heavy atom. The summed E-state index contributed by atoms with van der Waals surface area (Å²) in [6, 6.07) is 10.6. The van der Waals surface area contributed by atoms with Crippen LogP contribution in [-0.2, 0) is 6.54 Å². The molecular weight excluding hydrogens is 370 g/mol. The summed E-state index contributed by atoms with van der Waals surface area (Å²) in [4.78, 5) is 19.4. The van der Waals surface area contributed by atoms with Crippen LogP contribution in [0.25, 0.3) is 22.4 Å². The van der Waals surface area contributed by atoms with E-state index in [4.69, 9.17) is 8.94 Å². The highest BCUT2D eigenvalue weighted by Crippen LogP contribution is 2.31. The number of aromatic nitrogens is 2. The molecule has 1 aromatic carbocycles. The molecule has 0 unspecified atom stereocenters. The summed E-state index contributed by atoms with van der Waals surface area (Å²) in [7, 11) is 1.69. The summed E-state index contributed by atoms with van der Waals surface area (Å²) >= 11 is 0. The largest absolute Gasteiger partial charge is 0.508 e. The van der Waals surface area contributed by atoms with Crippen molar-refractivity contribution in [2.24, 2.45) is 0 Å². The SMILES string of the molecule is Cc1cc(-c2cc(C(=O)N(C)Cc3ccccc3O)c3c(C)noc3n2)c(C)o1. The van der Waals surface area contributed by atoms with Crippen molar-refractivity contribution in [1.82, 2.24) is 15.0 Å². The van der Waals surface area contributed by atoms with Gasteiger partial charge in [-0.2, -0.15) is 0 Å². The van der Waals surface area contributed by atoms with Crippen LogP contribution in [0.1, 0.15) is 33.1 Å². The molecule has 1 N–H and O–H groups in total. The van der Waals surface area contributed by atoms with Crippen LogP contribution in [0.2, 0.25) is 0 Å². The lowest BCUT2D eigenvalue weighted by molar-refractivity contribution is 0.0786. The second kappa shape index (κ2) is 7.09. The van der Waals surface area contributed by atoms with Gasteiger partial charge in [-0.3, -0.25) is 4.79 Å². The summed E-state index contributed by atoms with van der Waals surface area (Å²) in [5.41, 5.74) is 3.39. The molecule has 4 rings (SSSR count). The summed E-state index contributed by atoms with van der Waals surface area (Å²) in [6.45, 7) is 5.75. The van der Waals surface area contributed by atoms with E-state index in [9.17, 15) is 9.90 Å². The number of amides is 1. The predicted molar refractivity (Wildman–Crippen MR) is 108 cm³/mol. The number of phenols is 1. The fourth-order valence-corrected chi connectivity index (χ4v) is 3.46. The predicted octanol–water partition coefficient (Wildman–Crippen LogP) is 4.39. The molecule has 0 aliphatic heterocycles. The lowest BCUT2D eigenvalue weighted by atomic mass is 10.0. The standard InChI is InChI=1S/C22H21N3O4/c1-12-9-16(14(3)28-12)18-10-17(20-13(2)24-29-21(20)23-18)22(27)25(4)11-15-7-5-6-8-19(15)26/h5-10,26H,11H2,1-4H3. The maximum Gasteiger partial charge on any atom is 0.259 e. The molecule has 0 radical (unpaired) electrons. The fraction of sp³-hybridized carbons (Fsp3) is 0.227. The van der Waals surface area contributed by atoms with Gasteiger partial charge >= 0.3 is 0 Å². The van der Waals surface area contributed by atoms with Crippen LogP contribution >= 0.6 is 0 Å². The number of benzene rings is 1. The van der Waals surface area contributed by atoms with Gasteiger partial charge in [-0.1, -0.05) is 23.4 Å². The molecule has 7 nitrogen and oxygen atoms in total. The highest BCUT2D eigenvalue weighted by Gasteiger charge is 2.23. The molecule has 0 fully saturated rings.